The fraction of sp³-hybridized carbons (Fsp3) is 0.481. The molecule has 0 unspecified atom stereocenters. The Morgan fingerprint density at radius 2 is 0.546 bits per heavy atom. The Kier molecular flexibility index (Phi) is 20.9. The Balaban J connectivity index is 0.000000146. The maximum Gasteiger partial charge on any atom is 0.152 e. The van der Waals surface area contributed by atoms with Gasteiger partial charge in [-0.05, 0) is 234 Å². The van der Waals surface area contributed by atoms with Crippen LogP contribution in [-0.4, -0.2) is 26.1 Å². The molecule has 0 aliphatic carbocycles. The highest BCUT2D eigenvalue weighted by atomic mass is 32.1. The van der Waals surface area contributed by atoms with E-state index in [-0.39, 0.29) is 29.1 Å². The van der Waals surface area contributed by atoms with Crippen molar-refractivity contribution >= 4 is 192 Å². The minimum absolute atomic E-state index is 0. The summed E-state index contributed by atoms with van der Waals surface area (Å²) in [6, 6.07) is 0. The van der Waals surface area contributed by atoms with E-state index in [4.69, 9.17) is 0 Å². The van der Waals surface area contributed by atoms with Gasteiger partial charge in [-0.15, -0.1) is 136 Å². The van der Waals surface area contributed by atoms with Crippen LogP contribution >= 0.6 is 136 Å². The lowest BCUT2D eigenvalue weighted by molar-refractivity contribution is 0.598. The largest absolute Gasteiger partial charge is 0.239 e. The average molecular weight is 1550 g/mol. The van der Waals surface area contributed by atoms with Gasteiger partial charge in [-0.3, -0.25) is 0 Å². The van der Waals surface area contributed by atoms with Crippen LogP contribution in [0.2, 0.25) is 26.2 Å². The second-order valence-corrected chi connectivity index (χ2v) is 54.1. The molecule has 2 aliphatic rings. The summed E-state index contributed by atoms with van der Waals surface area (Å²) in [4.78, 5) is 36.5. The fourth-order valence-electron chi connectivity index (χ4n) is 15.0. The molecule has 520 valence electrons. The Morgan fingerprint density at radius 1 is 0.227 bits per heavy atom. The van der Waals surface area contributed by atoms with Gasteiger partial charge in [-0.1, -0.05) is 117 Å². The maximum absolute atomic E-state index is 4.67. The van der Waals surface area contributed by atoms with Gasteiger partial charge in [0.1, 0.15) is 16.1 Å². The summed E-state index contributed by atoms with van der Waals surface area (Å²) in [5, 5.41) is 9.04. The van der Waals surface area contributed by atoms with Crippen LogP contribution in [0.5, 0.6) is 0 Å². The molecule has 12 aromatic heterocycles. The molecule has 0 saturated carbocycles. The monoisotopic (exact) mass is 1550 g/mol. The van der Waals surface area contributed by atoms with Crippen LogP contribution in [0.25, 0.3) is 77.6 Å². The molecule has 0 fully saturated rings. The van der Waals surface area contributed by atoms with E-state index in [1.165, 1.54) is 112 Å². The summed E-state index contributed by atoms with van der Waals surface area (Å²) in [6.45, 7) is 79.1. The zero-order chi connectivity index (χ0) is 71.1. The summed E-state index contributed by atoms with van der Waals surface area (Å²) >= 11 is 23.8. The van der Waals surface area contributed by atoms with Crippen molar-refractivity contribution in [1.29, 1.82) is 0 Å². The molecule has 0 amide bonds. The molecule has 14 rings (SSSR count). The lowest BCUT2D eigenvalue weighted by Gasteiger charge is -2.23. The molecular weight excluding hydrogens is 1440 g/mol. The number of thiophene rings is 10. The highest BCUT2D eigenvalue weighted by molar-refractivity contribution is 7.36. The van der Waals surface area contributed by atoms with E-state index in [0.29, 0.717) is 0 Å². The Morgan fingerprint density at radius 3 is 0.969 bits per heavy atom. The van der Waals surface area contributed by atoms with Crippen molar-refractivity contribution < 1.29 is 0 Å². The molecule has 0 N–H and O–H groups in total. The van der Waals surface area contributed by atoms with Crippen molar-refractivity contribution in [2.24, 2.45) is 0 Å². The molecule has 16 heteroatoms. The quantitative estimate of drug-likeness (QED) is 0.164. The van der Waals surface area contributed by atoms with Crippen LogP contribution in [0, 0.1) is 125 Å². The number of rotatable bonds is 4. The molecule has 14 heterocycles. The first-order chi connectivity index (χ1) is 44.1. The first-order valence-electron chi connectivity index (χ1n) is 33.8. The standard InChI is InChI=1S/C29H36S4Si2.C21H24S4.C17H24S2.C13H18N2S2.CH4/c1-13-17(5)30-20-21-25(34(9,10)24(13)20)14(2)18(31-21)19-15(3)26-22(32-19)23-27(35(26,11)12)16(4)28(33-23)29(6,7)8;1-9-13(5)22-15-10(2)16(23-14(9)15)17-11(3)18-19(24-17)12(4)20(25-18)21(6,7)8;1-9-10(2)14(18-13(9)5)15-11(3)12(4)16(19-15)17(6,7)8;1-7-9(3)16-11(14-7)12-15-8(2)10(17-12)13(4,5)6;/h1-12H3;1-8H3;1-8H3;1-6H3;1H4. The third kappa shape index (κ3) is 12.9. The van der Waals surface area contributed by atoms with E-state index in [1.54, 1.807) is 105 Å². The molecule has 0 radical (unpaired) electrons. The molecular formula is C81H106N2S12Si2. The van der Waals surface area contributed by atoms with Crippen molar-refractivity contribution in [3.8, 4) is 58.8 Å². The van der Waals surface area contributed by atoms with Gasteiger partial charge in [-0.2, -0.15) is 0 Å². The highest BCUT2D eigenvalue weighted by Crippen LogP contribution is 2.55. The smallest absolute Gasteiger partial charge is 0.152 e. The number of aryl methyl sites for hydroxylation is 10. The summed E-state index contributed by atoms with van der Waals surface area (Å²) in [6.07, 6.45) is 0. The number of thiazole rings is 2. The Hall–Kier alpha value is -2.79. The third-order valence-corrected chi connectivity index (χ3v) is 47.1. The maximum atomic E-state index is 4.67. The number of nitrogens with zero attached hydrogens (tertiary/aromatic N) is 2. The van der Waals surface area contributed by atoms with Gasteiger partial charge in [0.15, 0.2) is 10.0 Å². The van der Waals surface area contributed by atoms with Crippen LogP contribution in [0.1, 0.15) is 208 Å². The van der Waals surface area contributed by atoms with Gasteiger partial charge < -0.3 is 0 Å². The third-order valence-electron chi connectivity index (χ3n) is 20.4. The van der Waals surface area contributed by atoms with Gasteiger partial charge in [-0.25, -0.2) is 9.97 Å². The molecule has 0 aromatic carbocycles. The van der Waals surface area contributed by atoms with E-state index >= 15 is 0 Å². The Labute approximate surface area is 633 Å². The number of aromatic nitrogens is 2. The second-order valence-electron chi connectivity index (χ2n) is 32.6. The molecule has 0 atom stereocenters. The molecule has 0 bridgehead atoms. The van der Waals surface area contributed by atoms with Crippen LogP contribution < -0.4 is 20.7 Å². The predicted molar refractivity (Wildman–Crippen MR) is 464 cm³/mol. The summed E-state index contributed by atoms with van der Waals surface area (Å²) < 4.78 is 6.01. The van der Waals surface area contributed by atoms with E-state index in [0.717, 1.165) is 21.4 Å². The van der Waals surface area contributed by atoms with Gasteiger partial charge in [0, 0.05) is 107 Å². The first-order valence-corrected chi connectivity index (χ1v) is 49.6. The van der Waals surface area contributed by atoms with Crippen molar-refractivity contribution in [2.75, 3.05) is 0 Å². The first kappa shape index (κ1) is 76.8. The summed E-state index contributed by atoms with van der Waals surface area (Å²) in [5.74, 6) is 0. The average Bonchev–Trinajstić information content (AvgIpc) is 1.53. The minimum atomic E-state index is -1.71. The molecule has 12 aromatic rings. The van der Waals surface area contributed by atoms with Gasteiger partial charge in [0.05, 0.1) is 11.4 Å². The molecule has 2 aliphatic heterocycles. The van der Waals surface area contributed by atoms with Crippen molar-refractivity contribution in [3.05, 3.63) is 117 Å². The lowest BCUT2D eigenvalue weighted by atomic mass is 9.91. The van der Waals surface area contributed by atoms with Crippen LogP contribution in [0.4, 0.5) is 0 Å². The zero-order valence-electron chi connectivity index (χ0n) is 63.8. The second kappa shape index (κ2) is 26.4. The fourth-order valence-corrected chi connectivity index (χ4v) is 42.9. The number of hydrogen-bond acceptors (Lipinski definition) is 14. The summed E-state index contributed by atoms with van der Waals surface area (Å²) in [7, 11) is -3.37. The highest BCUT2D eigenvalue weighted by Gasteiger charge is 2.48. The van der Waals surface area contributed by atoms with Gasteiger partial charge >= 0.3 is 0 Å². The van der Waals surface area contributed by atoms with Crippen molar-refractivity contribution in [2.45, 2.75) is 263 Å². The van der Waals surface area contributed by atoms with Gasteiger partial charge in [0.2, 0.25) is 0 Å². The SMILES string of the molecule is C.Cc1nc(-c2nc(C)c(C(C)(C)C)s2)sc1C.Cc1sc(-c2sc(C(C)(C)C)c(C)c2C)c(C)c1C.Cc1sc2c(C)c(-c3sc4c(C)c(C(C)(C)C)sc4c3C)sc2c1C.Cc1sc2c(c1C)[Si](C)(C)c1c-2sc(-c2sc3c(c2C)[Si](C)(C)c2c-3sc(C(C)(C)C)c2C)c1C. The zero-order valence-corrected chi connectivity index (χ0v) is 75.6. The van der Waals surface area contributed by atoms with Gasteiger partial charge in [0.25, 0.3) is 0 Å². The van der Waals surface area contributed by atoms with Crippen molar-refractivity contribution in [3.63, 3.8) is 0 Å². The molecule has 2 nitrogen and oxygen atoms in total. The lowest BCUT2D eigenvalue weighted by Crippen LogP contribution is -2.51. The minimum Gasteiger partial charge on any atom is -0.239 e. The normalized spacial score (nSPS) is 14.0. The van der Waals surface area contributed by atoms with E-state index in [2.05, 4.69) is 278 Å². The van der Waals surface area contributed by atoms with E-state index < -0.39 is 16.1 Å². The van der Waals surface area contributed by atoms with Crippen LogP contribution in [-0.2, 0) is 21.7 Å². The molecule has 97 heavy (non-hydrogen) atoms. The topological polar surface area (TPSA) is 25.8 Å². The van der Waals surface area contributed by atoms with E-state index in [9.17, 15) is 0 Å². The molecule has 0 spiro atoms. The van der Waals surface area contributed by atoms with E-state index in [1.807, 2.05) is 79.4 Å². The Bertz CT molecular complexity index is 5050. The van der Waals surface area contributed by atoms with Crippen LogP contribution in [0.3, 0.4) is 0 Å². The predicted octanol–water partition coefficient (Wildman–Crippen LogP) is 28.2. The number of hydrogen-bond donors (Lipinski definition) is 0. The summed E-state index contributed by atoms with van der Waals surface area (Å²) in [5.41, 5.74) is 21.3. The van der Waals surface area contributed by atoms with Crippen LogP contribution in [0.15, 0.2) is 0 Å². The molecule has 0 saturated heterocycles. The van der Waals surface area contributed by atoms with Crippen molar-refractivity contribution in [1.82, 2.24) is 9.97 Å². The number of fused-ring (bicyclic) bond motifs is 8.